The van der Waals surface area contributed by atoms with Gasteiger partial charge < -0.3 is 5.32 Å². The van der Waals surface area contributed by atoms with Crippen molar-refractivity contribution in [1.82, 2.24) is 15.6 Å². The fourth-order valence-electron chi connectivity index (χ4n) is 2.22. The molecule has 0 aliphatic carbocycles. The van der Waals surface area contributed by atoms with Crippen LogP contribution in [0, 0.1) is 0 Å². The fourth-order valence-corrected chi connectivity index (χ4v) is 2.22. The third kappa shape index (κ3) is 5.53. The minimum atomic E-state index is -0.396. The van der Waals surface area contributed by atoms with Gasteiger partial charge in [0.2, 0.25) is 11.8 Å². The van der Waals surface area contributed by atoms with Gasteiger partial charge in [0.25, 0.3) is 0 Å². The number of nitrogens with one attached hydrogen (secondary N) is 2. The van der Waals surface area contributed by atoms with Crippen molar-refractivity contribution in [2.45, 2.75) is 19.3 Å². The van der Waals surface area contributed by atoms with Gasteiger partial charge in [0.15, 0.2) is 0 Å². The van der Waals surface area contributed by atoms with Crippen molar-refractivity contribution in [3.05, 3.63) is 35.9 Å². The number of benzene rings is 1. The molecule has 0 aliphatic rings. The molecule has 1 unspecified atom stereocenters. The van der Waals surface area contributed by atoms with Crippen LogP contribution in [0.2, 0.25) is 0 Å². The second-order valence-electron chi connectivity index (χ2n) is 4.88. The standard InChI is InChI=1S/C15H24N4O2/c1-3-9-19(11-14(20)17-2)10-13(15(21)18-16)12-7-5-4-6-8-12/h4-8,13H,3,9-11,16H2,1-2H3,(H,17,20)(H,18,21). The zero-order valence-corrected chi connectivity index (χ0v) is 12.6. The Balaban J connectivity index is 2.87. The van der Waals surface area contributed by atoms with E-state index in [1.165, 1.54) is 0 Å². The molecule has 0 radical (unpaired) electrons. The first kappa shape index (κ1) is 17.1. The Bertz CT molecular complexity index is 450. The first-order valence-corrected chi connectivity index (χ1v) is 7.10. The van der Waals surface area contributed by atoms with Crippen LogP contribution in [0.3, 0.4) is 0 Å². The normalized spacial score (nSPS) is 12.0. The lowest BCUT2D eigenvalue weighted by atomic mass is 9.97. The van der Waals surface area contributed by atoms with Gasteiger partial charge in [-0.25, -0.2) is 5.84 Å². The number of hydrazine groups is 1. The van der Waals surface area contributed by atoms with Crippen molar-refractivity contribution in [2.24, 2.45) is 5.84 Å². The highest BCUT2D eigenvalue weighted by molar-refractivity contribution is 5.83. The number of nitrogens with zero attached hydrogens (tertiary/aromatic N) is 1. The number of nitrogens with two attached hydrogens (primary N) is 1. The zero-order chi connectivity index (χ0) is 15.7. The molecule has 116 valence electrons. The lowest BCUT2D eigenvalue weighted by Crippen LogP contribution is -2.43. The van der Waals surface area contributed by atoms with Gasteiger partial charge in [-0.3, -0.25) is 19.9 Å². The molecule has 2 amide bonds. The van der Waals surface area contributed by atoms with Crippen LogP contribution >= 0.6 is 0 Å². The summed E-state index contributed by atoms with van der Waals surface area (Å²) in [5.41, 5.74) is 3.10. The molecule has 0 bridgehead atoms. The number of hydrogen-bond acceptors (Lipinski definition) is 4. The average Bonchev–Trinajstić information content (AvgIpc) is 2.52. The maximum atomic E-state index is 12.0. The van der Waals surface area contributed by atoms with Gasteiger partial charge in [0, 0.05) is 13.6 Å². The van der Waals surface area contributed by atoms with Crippen molar-refractivity contribution < 1.29 is 9.59 Å². The summed E-state index contributed by atoms with van der Waals surface area (Å²) in [6.45, 7) is 3.51. The van der Waals surface area contributed by atoms with E-state index in [2.05, 4.69) is 10.7 Å². The molecule has 0 saturated heterocycles. The predicted octanol–water partition coefficient (Wildman–Crippen LogP) is 0.218. The number of rotatable bonds is 8. The van der Waals surface area contributed by atoms with Crippen molar-refractivity contribution >= 4 is 11.8 Å². The molecular formula is C15H24N4O2. The molecule has 6 nitrogen and oxygen atoms in total. The second-order valence-corrected chi connectivity index (χ2v) is 4.88. The lowest BCUT2D eigenvalue weighted by Gasteiger charge is -2.26. The maximum absolute atomic E-state index is 12.0. The van der Waals surface area contributed by atoms with E-state index in [9.17, 15) is 9.59 Å². The molecule has 0 saturated carbocycles. The largest absolute Gasteiger partial charge is 0.358 e. The Labute approximate surface area is 125 Å². The zero-order valence-electron chi connectivity index (χ0n) is 12.6. The summed E-state index contributed by atoms with van der Waals surface area (Å²) >= 11 is 0. The number of likely N-dealkylation sites (N-methyl/N-ethyl adjacent to an activating group) is 1. The van der Waals surface area contributed by atoms with Crippen molar-refractivity contribution in [3.8, 4) is 0 Å². The summed E-state index contributed by atoms with van der Waals surface area (Å²) in [4.78, 5) is 25.6. The summed E-state index contributed by atoms with van der Waals surface area (Å²) in [5, 5.41) is 2.60. The number of hydrogen-bond donors (Lipinski definition) is 3. The highest BCUT2D eigenvalue weighted by Gasteiger charge is 2.23. The van der Waals surface area contributed by atoms with Gasteiger partial charge in [0.1, 0.15) is 0 Å². The molecule has 4 N–H and O–H groups in total. The predicted molar refractivity (Wildman–Crippen MR) is 82.3 cm³/mol. The summed E-state index contributed by atoms with van der Waals surface area (Å²) in [6.07, 6.45) is 0.906. The molecule has 6 heteroatoms. The Hall–Kier alpha value is -1.92. The van der Waals surface area contributed by atoms with Crippen LogP contribution < -0.4 is 16.6 Å². The minimum Gasteiger partial charge on any atom is -0.358 e. The Morgan fingerprint density at radius 1 is 1.29 bits per heavy atom. The monoisotopic (exact) mass is 292 g/mol. The van der Waals surface area contributed by atoms with E-state index in [1.54, 1.807) is 7.05 Å². The van der Waals surface area contributed by atoms with Crippen molar-refractivity contribution in [2.75, 3.05) is 26.7 Å². The summed E-state index contributed by atoms with van der Waals surface area (Å²) in [7, 11) is 1.60. The van der Waals surface area contributed by atoms with Gasteiger partial charge in [-0.15, -0.1) is 0 Å². The summed E-state index contributed by atoms with van der Waals surface area (Å²) in [6, 6.07) is 9.45. The van der Waals surface area contributed by atoms with Gasteiger partial charge in [-0.05, 0) is 18.5 Å². The molecule has 1 aromatic carbocycles. The number of carbonyl (C=O) groups excluding carboxylic acids is 2. The third-order valence-corrected chi connectivity index (χ3v) is 3.29. The third-order valence-electron chi connectivity index (χ3n) is 3.29. The number of amides is 2. The molecule has 1 atom stereocenters. The number of carbonyl (C=O) groups is 2. The van der Waals surface area contributed by atoms with E-state index in [4.69, 9.17) is 5.84 Å². The second kappa shape index (κ2) is 9.10. The Morgan fingerprint density at radius 2 is 1.95 bits per heavy atom. The first-order valence-electron chi connectivity index (χ1n) is 7.10. The molecule has 21 heavy (non-hydrogen) atoms. The fraction of sp³-hybridized carbons (Fsp3) is 0.467. The Morgan fingerprint density at radius 3 is 2.48 bits per heavy atom. The van der Waals surface area contributed by atoms with Gasteiger partial charge >= 0.3 is 0 Å². The molecular weight excluding hydrogens is 268 g/mol. The summed E-state index contributed by atoms with van der Waals surface area (Å²) < 4.78 is 0. The SMILES string of the molecule is CCCN(CC(=O)NC)CC(C(=O)NN)c1ccccc1. The quantitative estimate of drug-likeness (QED) is 0.363. The molecule has 1 aromatic rings. The van der Waals surface area contributed by atoms with Gasteiger partial charge in [-0.1, -0.05) is 37.3 Å². The maximum Gasteiger partial charge on any atom is 0.242 e. The lowest BCUT2D eigenvalue weighted by molar-refractivity contribution is -0.125. The van der Waals surface area contributed by atoms with Crippen LogP contribution in [0.4, 0.5) is 0 Å². The molecule has 0 heterocycles. The molecule has 1 rings (SSSR count). The van der Waals surface area contributed by atoms with E-state index in [0.29, 0.717) is 6.54 Å². The van der Waals surface area contributed by atoms with Crippen LogP contribution in [-0.2, 0) is 9.59 Å². The molecule has 0 fully saturated rings. The van der Waals surface area contributed by atoms with Crippen LogP contribution in [-0.4, -0.2) is 43.4 Å². The smallest absolute Gasteiger partial charge is 0.242 e. The van der Waals surface area contributed by atoms with E-state index < -0.39 is 5.92 Å². The van der Waals surface area contributed by atoms with Gasteiger partial charge in [-0.2, -0.15) is 0 Å². The Kier molecular flexibility index (Phi) is 7.42. The van der Waals surface area contributed by atoms with Crippen LogP contribution in [0.1, 0.15) is 24.8 Å². The van der Waals surface area contributed by atoms with E-state index in [1.807, 2.05) is 42.2 Å². The summed E-state index contributed by atoms with van der Waals surface area (Å²) in [5.74, 6) is 4.58. The average molecular weight is 292 g/mol. The minimum absolute atomic E-state index is 0.0663. The van der Waals surface area contributed by atoms with E-state index in [0.717, 1.165) is 18.5 Å². The highest BCUT2D eigenvalue weighted by Crippen LogP contribution is 2.17. The van der Waals surface area contributed by atoms with E-state index >= 15 is 0 Å². The van der Waals surface area contributed by atoms with Crippen LogP contribution in [0.5, 0.6) is 0 Å². The van der Waals surface area contributed by atoms with E-state index in [-0.39, 0.29) is 18.4 Å². The van der Waals surface area contributed by atoms with Crippen molar-refractivity contribution in [3.63, 3.8) is 0 Å². The first-order chi connectivity index (χ1) is 10.1. The molecule has 0 aliphatic heterocycles. The molecule has 0 aromatic heterocycles. The van der Waals surface area contributed by atoms with Crippen LogP contribution in [0.15, 0.2) is 30.3 Å². The topological polar surface area (TPSA) is 87.5 Å². The van der Waals surface area contributed by atoms with Gasteiger partial charge in [0.05, 0.1) is 12.5 Å². The van der Waals surface area contributed by atoms with Crippen LogP contribution in [0.25, 0.3) is 0 Å². The highest BCUT2D eigenvalue weighted by atomic mass is 16.2. The molecule has 0 spiro atoms. The van der Waals surface area contributed by atoms with Crippen molar-refractivity contribution in [1.29, 1.82) is 0 Å².